The van der Waals surface area contributed by atoms with Crippen LogP contribution in [0.15, 0.2) is 18.3 Å². The molecule has 2 bridgehead atoms. The van der Waals surface area contributed by atoms with E-state index in [0.29, 0.717) is 24.3 Å². The number of aromatic nitrogens is 3. The van der Waals surface area contributed by atoms with Crippen molar-refractivity contribution in [2.24, 2.45) is 0 Å². The molecule has 3 fully saturated rings. The molecule has 3 aliphatic heterocycles. The highest BCUT2D eigenvalue weighted by Gasteiger charge is 2.46. The molecule has 0 radical (unpaired) electrons. The summed E-state index contributed by atoms with van der Waals surface area (Å²) in [4.78, 5) is 13.3. The number of fused-ring (bicyclic) bond motifs is 2. The van der Waals surface area contributed by atoms with Gasteiger partial charge in [0.15, 0.2) is 0 Å². The summed E-state index contributed by atoms with van der Waals surface area (Å²) >= 11 is 1.47. The van der Waals surface area contributed by atoms with Crippen LogP contribution in [0.25, 0.3) is 0 Å². The molecular formula is C14H16FN5S. The summed E-state index contributed by atoms with van der Waals surface area (Å²) in [6, 6.07) is 4.06. The lowest BCUT2D eigenvalue weighted by Crippen LogP contribution is -2.68. The Morgan fingerprint density at radius 3 is 2.86 bits per heavy atom. The minimum atomic E-state index is -0.214. The number of nitrogens with zero attached hydrogens (tertiary/aromatic N) is 5. The van der Waals surface area contributed by atoms with Gasteiger partial charge in [0.2, 0.25) is 5.13 Å². The molecule has 3 saturated heterocycles. The molecule has 0 aromatic carbocycles. The van der Waals surface area contributed by atoms with Gasteiger partial charge in [-0.05, 0) is 25.5 Å². The maximum absolute atomic E-state index is 13.7. The van der Waals surface area contributed by atoms with Crippen LogP contribution >= 0.6 is 11.5 Å². The van der Waals surface area contributed by atoms with Crippen molar-refractivity contribution in [2.45, 2.75) is 32.0 Å². The average Bonchev–Trinajstić information content (AvgIpc) is 2.87. The third-order valence-electron chi connectivity index (χ3n) is 4.21. The number of hydrogen-bond donors (Lipinski definition) is 0. The van der Waals surface area contributed by atoms with Crippen LogP contribution in [0.1, 0.15) is 17.9 Å². The van der Waals surface area contributed by atoms with Crippen molar-refractivity contribution in [3.05, 3.63) is 35.7 Å². The van der Waals surface area contributed by atoms with Gasteiger partial charge in [-0.15, -0.1) is 0 Å². The van der Waals surface area contributed by atoms with Gasteiger partial charge < -0.3 is 4.90 Å². The first-order valence-electron chi connectivity index (χ1n) is 7.11. The largest absolute Gasteiger partial charge is 0.338 e. The van der Waals surface area contributed by atoms with Crippen molar-refractivity contribution in [1.82, 2.24) is 19.2 Å². The van der Waals surface area contributed by atoms with Gasteiger partial charge in [0.25, 0.3) is 0 Å². The first kappa shape index (κ1) is 13.1. The molecule has 0 aliphatic carbocycles. The van der Waals surface area contributed by atoms with Crippen LogP contribution in [0.2, 0.25) is 0 Å². The Bertz CT molecular complexity index is 648. The van der Waals surface area contributed by atoms with E-state index in [1.165, 1.54) is 24.0 Å². The number of piperidine rings is 1. The molecule has 0 spiro atoms. The quantitative estimate of drug-likeness (QED) is 0.866. The van der Waals surface area contributed by atoms with Crippen molar-refractivity contribution in [1.29, 1.82) is 0 Å². The second-order valence-electron chi connectivity index (χ2n) is 5.70. The number of pyridine rings is 1. The van der Waals surface area contributed by atoms with Crippen molar-refractivity contribution >= 4 is 16.7 Å². The van der Waals surface area contributed by atoms with E-state index in [-0.39, 0.29) is 5.82 Å². The molecule has 5 heterocycles. The van der Waals surface area contributed by atoms with E-state index in [2.05, 4.69) is 24.1 Å². The molecule has 5 rings (SSSR count). The normalized spacial score (nSPS) is 25.0. The molecule has 0 saturated carbocycles. The van der Waals surface area contributed by atoms with Gasteiger partial charge in [0, 0.05) is 49.4 Å². The fourth-order valence-corrected chi connectivity index (χ4v) is 4.10. The Morgan fingerprint density at radius 2 is 2.19 bits per heavy atom. The number of piperazine rings is 1. The summed E-state index contributed by atoms with van der Waals surface area (Å²) < 4.78 is 17.9. The van der Waals surface area contributed by atoms with Crippen molar-refractivity contribution in [2.75, 3.05) is 18.0 Å². The highest BCUT2D eigenvalue weighted by Crippen LogP contribution is 2.38. The second-order valence-corrected chi connectivity index (χ2v) is 6.43. The summed E-state index contributed by atoms with van der Waals surface area (Å²) in [6.45, 7) is 4.38. The zero-order chi connectivity index (χ0) is 14.4. The molecule has 2 aromatic rings. The SMILES string of the molecule is Cc1nsc(N2C3CC2CN(Cc2ncccc2F)C3)n1. The number of aryl methyl sites for hydroxylation is 1. The van der Waals surface area contributed by atoms with E-state index in [1.54, 1.807) is 12.3 Å². The Hall–Kier alpha value is -1.60. The Morgan fingerprint density at radius 1 is 1.38 bits per heavy atom. The van der Waals surface area contributed by atoms with Gasteiger partial charge in [-0.3, -0.25) is 9.88 Å². The number of rotatable bonds is 3. The highest BCUT2D eigenvalue weighted by molar-refractivity contribution is 7.09. The lowest BCUT2D eigenvalue weighted by atomic mass is 9.88. The van der Waals surface area contributed by atoms with Crippen LogP contribution in [0.5, 0.6) is 0 Å². The minimum absolute atomic E-state index is 0.214. The maximum atomic E-state index is 13.7. The summed E-state index contributed by atoms with van der Waals surface area (Å²) in [5, 5.41) is 1.03. The molecular weight excluding hydrogens is 289 g/mol. The second kappa shape index (κ2) is 4.99. The number of hydrogen-bond acceptors (Lipinski definition) is 6. The van der Waals surface area contributed by atoms with Crippen LogP contribution in [0.3, 0.4) is 0 Å². The molecule has 2 aromatic heterocycles. The third kappa shape index (κ3) is 2.30. The third-order valence-corrected chi connectivity index (χ3v) is 5.04. The van der Waals surface area contributed by atoms with E-state index < -0.39 is 0 Å². The molecule has 0 N–H and O–H groups in total. The van der Waals surface area contributed by atoms with Gasteiger partial charge in [-0.25, -0.2) is 9.37 Å². The zero-order valence-electron chi connectivity index (χ0n) is 11.7. The molecule has 2 atom stereocenters. The highest BCUT2D eigenvalue weighted by atomic mass is 32.1. The smallest absolute Gasteiger partial charge is 0.205 e. The summed E-state index contributed by atoms with van der Waals surface area (Å²) in [7, 11) is 0. The number of anilines is 1. The van der Waals surface area contributed by atoms with E-state index in [9.17, 15) is 4.39 Å². The summed E-state index contributed by atoms with van der Waals surface area (Å²) in [5.41, 5.74) is 0.539. The van der Waals surface area contributed by atoms with E-state index in [1.807, 2.05) is 6.92 Å². The van der Waals surface area contributed by atoms with Crippen LogP contribution < -0.4 is 4.90 Å². The summed E-state index contributed by atoms with van der Waals surface area (Å²) in [5.74, 6) is 0.626. The number of halogens is 1. The van der Waals surface area contributed by atoms with Gasteiger partial charge in [-0.1, -0.05) is 0 Å². The Kier molecular flexibility index (Phi) is 3.11. The van der Waals surface area contributed by atoms with Gasteiger partial charge in [0.1, 0.15) is 11.6 Å². The first-order valence-corrected chi connectivity index (χ1v) is 7.88. The predicted octanol–water partition coefficient (Wildman–Crippen LogP) is 1.84. The Labute approximate surface area is 126 Å². The molecule has 3 aliphatic rings. The average molecular weight is 305 g/mol. The topological polar surface area (TPSA) is 45.2 Å². The molecule has 110 valence electrons. The van der Waals surface area contributed by atoms with Crippen LogP contribution in [0.4, 0.5) is 9.52 Å². The van der Waals surface area contributed by atoms with Crippen molar-refractivity contribution in [3.63, 3.8) is 0 Å². The standard InChI is InChI=1S/C14H16FN5S/c1-9-17-14(21-18-9)20-10-5-11(20)7-19(6-10)8-13-12(15)3-2-4-16-13/h2-4,10-11H,5-8H2,1H3. The maximum Gasteiger partial charge on any atom is 0.205 e. The van der Waals surface area contributed by atoms with E-state index >= 15 is 0 Å². The lowest BCUT2D eigenvalue weighted by molar-refractivity contribution is 0.106. The van der Waals surface area contributed by atoms with E-state index in [0.717, 1.165) is 24.0 Å². The van der Waals surface area contributed by atoms with Crippen LogP contribution in [-0.4, -0.2) is 44.4 Å². The van der Waals surface area contributed by atoms with E-state index in [4.69, 9.17) is 0 Å². The van der Waals surface area contributed by atoms with Crippen LogP contribution in [0, 0.1) is 12.7 Å². The molecule has 2 unspecified atom stereocenters. The van der Waals surface area contributed by atoms with Crippen LogP contribution in [-0.2, 0) is 6.54 Å². The van der Waals surface area contributed by atoms with Crippen molar-refractivity contribution < 1.29 is 4.39 Å². The predicted molar refractivity (Wildman–Crippen MR) is 78.8 cm³/mol. The molecule has 5 nitrogen and oxygen atoms in total. The van der Waals surface area contributed by atoms with Crippen molar-refractivity contribution in [3.8, 4) is 0 Å². The molecule has 7 heteroatoms. The monoisotopic (exact) mass is 305 g/mol. The molecule has 0 amide bonds. The minimum Gasteiger partial charge on any atom is -0.338 e. The Balaban J connectivity index is 1.44. The van der Waals surface area contributed by atoms with Gasteiger partial charge in [-0.2, -0.15) is 4.37 Å². The zero-order valence-corrected chi connectivity index (χ0v) is 12.6. The van der Waals surface area contributed by atoms with Gasteiger partial charge >= 0.3 is 0 Å². The lowest BCUT2D eigenvalue weighted by Gasteiger charge is -2.56. The first-order chi connectivity index (χ1) is 10.2. The summed E-state index contributed by atoms with van der Waals surface area (Å²) in [6.07, 6.45) is 2.85. The van der Waals surface area contributed by atoms with Gasteiger partial charge in [0.05, 0.1) is 5.69 Å². The fourth-order valence-electron chi connectivity index (χ4n) is 3.28. The molecule has 21 heavy (non-hydrogen) atoms. The fraction of sp³-hybridized carbons (Fsp3) is 0.500.